The van der Waals surface area contributed by atoms with E-state index < -0.39 is 11.9 Å². The van der Waals surface area contributed by atoms with Gasteiger partial charge in [0.15, 0.2) is 5.69 Å². The van der Waals surface area contributed by atoms with E-state index >= 15 is 0 Å². The summed E-state index contributed by atoms with van der Waals surface area (Å²) in [6.07, 6.45) is -1.25. The highest BCUT2D eigenvalue weighted by atomic mass is 19.4. The Balaban J connectivity index is 2.23. The Labute approximate surface area is 67.0 Å². The van der Waals surface area contributed by atoms with Gasteiger partial charge in [0.05, 0.1) is 6.04 Å². The van der Waals surface area contributed by atoms with Gasteiger partial charge in [0.25, 0.3) is 0 Å². The molecule has 1 aliphatic carbocycles. The summed E-state index contributed by atoms with van der Waals surface area (Å²) in [5, 5.41) is 3.38. The van der Waals surface area contributed by atoms with Crippen molar-refractivity contribution in [3.8, 4) is 0 Å². The molecule has 1 saturated carbocycles. The standard InChI is InChI=1S/C7H6F3N2/c8-7(9,10)6-3-4-12(11-6)5-1-2-5/h4-5H,1-2H2. The topological polar surface area (TPSA) is 17.8 Å². The molecule has 0 aromatic carbocycles. The number of halogens is 3. The summed E-state index contributed by atoms with van der Waals surface area (Å²) in [7, 11) is 0. The van der Waals surface area contributed by atoms with E-state index in [2.05, 4.69) is 11.2 Å². The third-order valence-electron chi connectivity index (χ3n) is 1.74. The SMILES string of the molecule is FC(F)(F)c1[c]cn(C2CC2)n1. The predicted octanol–water partition coefficient (Wildman–Crippen LogP) is 2.04. The lowest BCUT2D eigenvalue weighted by Crippen LogP contribution is -2.07. The van der Waals surface area contributed by atoms with E-state index in [-0.39, 0.29) is 6.04 Å². The van der Waals surface area contributed by atoms with Gasteiger partial charge in [-0.2, -0.15) is 18.3 Å². The molecule has 1 aromatic rings. The largest absolute Gasteiger partial charge is 0.435 e. The monoisotopic (exact) mass is 175 g/mol. The molecule has 1 radical (unpaired) electrons. The van der Waals surface area contributed by atoms with Gasteiger partial charge in [0.2, 0.25) is 0 Å². The Morgan fingerprint density at radius 1 is 1.50 bits per heavy atom. The molecular formula is C7H6F3N2. The summed E-state index contributed by atoms with van der Waals surface area (Å²) in [5.41, 5.74) is -0.922. The first-order valence-corrected chi connectivity index (χ1v) is 3.61. The second-order valence-corrected chi connectivity index (χ2v) is 2.83. The fraction of sp³-hybridized carbons (Fsp3) is 0.571. The number of rotatable bonds is 1. The molecule has 0 bridgehead atoms. The van der Waals surface area contributed by atoms with Crippen molar-refractivity contribution < 1.29 is 13.2 Å². The van der Waals surface area contributed by atoms with Crippen molar-refractivity contribution in [2.45, 2.75) is 25.1 Å². The normalized spacial score (nSPS) is 18.2. The third-order valence-corrected chi connectivity index (χ3v) is 1.74. The molecular weight excluding hydrogens is 169 g/mol. The minimum atomic E-state index is -4.36. The highest BCUT2D eigenvalue weighted by molar-refractivity contribution is 5.02. The molecule has 12 heavy (non-hydrogen) atoms. The van der Waals surface area contributed by atoms with Gasteiger partial charge >= 0.3 is 6.18 Å². The van der Waals surface area contributed by atoms with Gasteiger partial charge in [0, 0.05) is 12.3 Å². The van der Waals surface area contributed by atoms with Crippen LogP contribution in [0.25, 0.3) is 0 Å². The van der Waals surface area contributed by atoms with Crippen LogP contribution < -0.4 is 0 Å². The van der Waals surface area contributed by atoms with Crippen molar-refractivity contribution in [2.75, 3.05) is 0 Å². The van der Waals surface area contributed by atoms with Crippen LogP contribution in [0.1, 0.15) is 24.6 Å². The Kier molecular flexibility index (Phi) is 1.43. The van der Waals surface area contributed by atoms with Gasteiger partial charge in [-0.25, -0.2) is 0 Å². The summed E-state index contributed by atoms with van der Waals surface area (Å²) in [5.74, 6) is 0. The van der Waals surface area contributed by atoms with Gasteiger partial charge in [-0.1, -0.05) is 0 Å². The van der Waals surface area contributed by atoms with E-state index in [1.165, 1.54) is 10.9 Å². The minimum absolute atomic E-state index is 0.178. The lowest BCUT2D eigenvalue weighted by molar-refractivity contribution is -0.141. The maximum atomic E-state index is 12.0. The van der Waals surface area contributed by atoms with Gasteiger partial charge < -0.3 is 0 Å². The molecule has 1 aromatic heterocycles. The number of hydrogen-bond donors (Lipinski definition) is 0. The van der Waals surface area contributed by atoms with Crippen molar-refractivity contribution in [1.29, 1.82) is 0 Å². The third kappa shape index (κ3) is 1.31. The molecule has 2 rings (SSSR count). The van der Waals surface area contributed by atoms with Crippen LogP contribution in [0.15, 0.2) is 6.20 Å². The zero-order valence-corrected chi connectivity index (χ0v) is 6.10. The quantitative estimate of drug-likeness (QED) is 0.638. The molecule has 0 amide bonds. The maximum Gasteiger partial charge on any atom is 0.435 e. The average Bonchev–Trinajstić information content (AvgIpc) is 2.66. The fourth-order valence-electron chi connectivity index (χ4n) is 0.965. The van der Waals surface area contributed by atoms with Crippen LogP contribution in [0.2, 0.25) is 0 Å². The van der Waals surface area contributed by atoms with Crippen LogP contribution in [0.5, 0.6) is 0 Å². The highest BCUT2D eigenvalue weighted by Crippen LogP contribution is 2.35. The van der Waals surface area contributed by atoms with E-state index in [1.54, 1.807) is 0 Å². The highest BCUT2D eigenvalue weighted by Gasteiger charge is 2.35. The van der Waals surface area contributed by atoms with Gasteiger partial charge in [-0.15, -0.1) is 0 Å². The Morgan fingerprint density at radius 2 is 2.17 bits per heavy atom. The number of alkyl halides is 3. The zero-order chi connectivity index (χ0) is 8.77. The lowest BCUT2D eigenvalue weighted by Gasteiger charge is -2.00. The van der Waals surface area contributed by atoms with E-state index in [9.17, 15) is 13.2 Å². The molecule has 0 aliphatic heterocycles. The van der Waals surface area contributed by atoms with Crippen LogP contribution in [-0.2, 0) is 6.18 Å². The van der Waals surface area contributed by atoms with E-state index in [4.69, 9.17) is 0 Å². The van der Waals surface area contributed by atoms with Crippen molar-refractivity contribution >= 4 is 0 Å². The second kappa shape index (κ2) is 2.24. The van der Waals surface area contributed by atoms with Crippen LogP contribution in [0, 0.1) is 6.07 Å². The van der Waals surface area contributed by atoms with Gasteiger partial charge in [-0.05, 0) is 12.8 Å². The minimum Gasteiger partial charge on any atom is -0.268 e. The van der Waals surface area contributed by atoms with Crippen molar-refractivity contribution in [2.24, 2.45) is 0 Å². The molecule has 5 heteroatoms. The predicted molar refractivity (Wildman–Crippen MR) is 34.3 cm³/mol. The van der Waals surface area contributed by atoms with E-state index in [0.29, 0.717) is 0 Å². The van der Waals surface area contributed by atoms with Crippen LogP contribution in [-0.4, -0.2) is 9.78 Å². The molecule has 0 spiro atoms. The summed E-state index contributed by atoms with van der Waals surface area (Å²) >= 11 is 0. The summed E-state index contributed by atoms with van der Waals surface area (Å²) in [6, 6.07) is 2.27. The first kappa shape index (κ1) is 7.64. The molecule has 2 nitrogen and oxygen atoms in total. The summed E-state index contributed by atoms with van der Waals surface area (Å²) < 4.78 is 37.3. The molecule has 0 atom stereocenters. The van der Waals surface area contributed by atoms with Crippen molar-refractivity contribution in [3.05, 3.63) is 18.0 Å². The summed E-state index contributed by atoms with van der Waals surface area (Å²) in [6.45, 7) is 0. The van der Waals surface area contributed by atoms with Gasteiger partial charge in [-0.3, -0.25) is 4.68 Å². The maximum absolute atomic E-state index is 12.0. The van der Waals surface area contributed by atoms with Crippen molar-refractivity contribution in [3.63, 3.8) is 0 Å². The Hall–Kier alpha value is -1.00. The van der Waals surface area contributed by atoms with E-state index in [0.717, 1.165) is 12.8 Å². The molecule has 0 saturated heterocycles. The first-order chi connectivity index (χ1) is 5.57. The zero-order valence-electron chi connectivity index (χ0n) is 6.10. The van der Waals surface area contributed by atoms with Crippen LogP contribution >= 0.6 is 0 Å². The van der Waals surface area contributed by atoms with E-state index in [1.807, 2.05) is 0 Å². The van der Waals surface area contributed by atoms with Crippen LogP contribution in [0.3, 0.4) is 0 Å². The average molecular weight is 175 g/mol. The lowest BCUT2D eigenvalue weighted by atomic mass is 10.4. The molecule has 1 fully saturated rings. The van der Waals surface area contributed by atoms with Crippen LogP contribution in [0.4, 0.5) is 13.2 Å². The Morgan fingerprint density at radius 3 is 2.58 bits per heavy atom. The first-order valence-electron chi connectivity index (χ1n) is 3.61. The molecule has 0 unspecified atom stereocenters. The molecule has 1 aliphatic rings. The Bertz CT molecular complexity index is 285. The second-order valence-electron chi connectivity index (χ2n) is 2.83. The molecule has 65 valence electrons. The van der Waals surface area contributed by atoms with Crippen molar-refractivity contribution in [1.82, 2.24) is 9.78 Å². The number of aromatic nitrogens is 2. The number of nitrogens with zero attached hydrogens (tertiary/aromatic N) is 2. The smallest absolute Gasteiger partial charge is 0.268 e. The molecule has 1 heterocycles. The van der Waals surface area contributed by atoms with Gasteiger partial charge in [0.1, 0.15) is 0 Å². The molecule has 0 N–H and O–H groups in total. The summed E-state index contributed by atoms with van der Waals surface area (Å²) in [4.78, 5) is 0. The number of hydrogen-bond acceptors (Lipinski definition) is 1. The fourth-order valence-corrected chi connectivity index (χ4v) is 0.965.